The van der Waals surface area contributed by atoms with Gasteiger partial charge in [-0.2, -0.15) is 0 Å². The highest BCUT2D eigenvalue weighted by atomic mass is 16.5. The number of hydrogen-bond donors (Lipinski definition) is 1. The van der Waals surface area contributed by atoms with Gasteiger partial charge in [0.25, 0.3) is 0 Å². The Kier molecular flexibility index (Phi) is 5.79. The second kappa shape index (κ2) is 8.02. The maximum Gasteiger partial charge on any atom is 0.331 e. The van der Waals surface area contributed by atoms with Gasteiger partial charge in [-0.05, 0) is 47.9 Å². The number of hydrogen-bond acceptors (Lipinski definition) is 3. The first-order valence-electron chi connectivity index (χ1n) is 7.46. The first kappa shape index (κ1) is 17.3. The number of carbonyl (C=O) groups is 1. The van der Waals surface area contributed by atoms with Crippen LogP contribution in [0.3, 0.4) is 0 Å². The van der Waals surface area contributed by atoms with Crippen LogP contribution < -0.4 is 9.47 Å². The Hall–Kier alpha value is -3.01. The number of aliphatic carboxylic acids is 1. The van der Waals surface area contributed by atoms with Gasteiger partial charge in [-0.1, -0.05) is 36.4 Å². The average molecular weight is 324 g/mol. The van der Waals surface area contributed by atoms with Gasteiger partial charge in [-0.25, -0.2) is 4.79 Å². The quantitative estimate of drug-likeness (QED) is 0.640. The SMILES string of the molecule is COc1ccc(C(=C/C=C(/C)C(=O)O)c2ccc(OC)cc2)cc1. The van der Waals surface area contributed by atoms with Gasteiger partial charge in [0.2, 0.25) is 0 Å². The van der Waals surface area contributed by atoms with Gasteiger partial charge < -0.3 is 14.6 Å². The van der Waals surface area contributed by atoms with Gasteiger partial charge >= 0.3 is 5.97 Å². The van der Waals surface area contributed by atoms with Crippen molar-refractivity contribution in [2.24, 2.45) is 0 Å². The number of allylic oxidation sites excluding steroid dienone is 2. The number of rotatable bonds is 6. The van der Waals surface area contributed by atoms with Gasteiger partial charge in [-0.3, -0.25) is 0 Å². The van der Waals surface area contributed by atoms with E-state index in [-0.39, 0.29) is 5.57 Å². The zero-order valence-corrected chi connectivity index (χ0v) is 13.9. The first-order chi connectivity index (χ1) is 11.5. The molecule has 4 heteroatoms. The van der Waals surface area contributed by atoms with Crippen molar-refractivity contribution in [2.75, 3.05) is 14.2 Å². The minimum absolute atomic E-state index is 0.273. The summed E-state index contributed by atoms with van der Waals surface area (Å²) in [6, 6.07) is 15.3. The molecule has 24 heavy (non-hydrogen) atoms. The molecular formula is C20H20O4. The molecule has 0 saturated carbocycles. The largest absolute Gasteiger partial charge is 0.497 e. The third-order valence-corrected chi connectivity index (χ3v) is 3.64. The predicted octanol–water partition coefficient (Wildman–Crippen LogP) is 4.17. The van der Waals surface area contributed by atoms with Gasteiger partial charge in [0.15, 0.2) is 0 Å². The van der Waals surface area contributed by atoms with Crippen LogP contribution >= 0.6 is 0 Å². The molecule has 4 nitrogen and oxygen atoms in total. The Morgan fingerprint density at radius 3 is 1.58 bits per heavy atom. The maximum atomic E-state index is 11.0. The standard InChI is InChI=1S/C20H20O4/c1-14(20(21)22)4-13-19(15-5-9-17(23-2)10-6-15)16-7-11-18(24-3)12-8-16/h4-13H,1-3H3,(H,21,22)/b14-4-. The highest BCUT2D eigenvalue weighted by molar-refractivity contribution is 5.88. The third kappa shape index (κ3) is 4.26. The summed E-state index contributed by atoms with van der Waals surface area (Å²) in [5, 5.41) is 9.04. The molecule has 2 aromatic carbocycles. The molecule has 0 aliphatic heterocycles. The molecule has 0 heterocycles. The van der Waals surface area contributed by atoms with E-state index in [0.717, 1.165) is 28.2 Å². The van der Waals surface area contributed by atoms with Crippen molar-refractivity contribution in [1.29, 1.82) is 0 Å². The van der Waals surface area contributed by atoms with Crippen molar-refractivity contribution in [3.05, 3.63) is 77.4 Å². The highest BCUT2D eigenvalue weighted by Crippen LogP contribution is 2.27. The van der Waals surface area contributed by atoms with Crippen LogP contribution in [-0.4, -0.2) is 25.3 Å². The summed E-state index contributed by atoms with van der Waals surface area (Å²) >= 11 is 0. The van der Waals surface area contributed by atoms with Crippen LogP contribution in [0.2, 0.25) is 0 Å². The summed E-state index contributed by atoms with van der Waals surface area (Å²) in [7, 11) is 3.24. The Morgan fingerprint density at radius 1 is 0.833 bits per heavy atom. The molecule has 124 valence electrons. The van der Waals surface area contributed by atoms with Crippen LogP contribution in [0.25, 0.3) is 5.57 Å². The Morgan fingerprint density at radius 2 is 1.25 bits per heavy atom. The smallest absolute Gasteiger partial charge is 0.331 e. The number of ether oxygens (including phenoxy) is 2. The number of carboxylic acid groups (broad SMARTS) is 1. The molecule has 0 saturated heterocycles. The fourth-order valence-electron chi connectivity index (χ4n) is 2.18. The summed E-state index contributed by atoms with van der Waals surface area (Å²) in [5.41, 5.74) is 3.13. The highest BCUT2D eigenvalue weighted by Gasteiger charge is 2.06. The Labute approximate surface area is 141 Å². The van der Waals surface area contributed by atoms with E-state index < -0.39 is 5.97 Å². The number of carboxylic acids is 1. The van der Waals surface area contributed by atoms with Crippen LogP contribution in [0.1, 0.15) is 18.1 Å². The van der Waals surface area contributed by atoms with E-state index in [0.29, 0.717) is 0 Å². The lowest BCUT2D eigenvalue weighted by molar-refractivity contribution is -0.132. The molecular weight excluding hydrogens is 304 g/mol. The van der Waals surface area contributed by atoms with Crippen molar-refractivity contribution >= 4 is 11.5 Å². The molecule has 2 rings (SSSR count). The van der Waals surface area contributed by atoms with Crippen molar-refractivity contribution in [2.45, 2.75) is 6.92 Å². The molecule has 1 N–H and O–H groups in total. The summed E-state index contributed by atoms with van der Waals surface area (Å²) < 4.78 is 10.4. The lowest BCUT2D eigenvalue weighted by Gasteiger charge is -2.10. The molecule has 2 aromatic rings. The summed E-state index contributed by atoms with van der Waals surface area (Å²) in [5.74, 6) is 0.602. The van der Waals surface area contributed by atoms with Crippen LogP contribution in [0.15, 0.2) is 66.3 Å². The molecule has 0 fully saturated rings. The fourth-order valence-corrected chi connectivity index (χ4v) is 2.18. The topological polar surface area (TPSA) is 55.8 Å². The van der Waals surface area contributed by atoms with Crippen LogP contribution in [0.4, 0.5) is 0 Å². The van der Waals surface area contributed by atoms with Gasteiger partial charge in [0.05, 0.1) is 14.2 Å². The number of benzene rings is 2. The maximum absolute atomic E-state index is 11.0. The summed E-state index contributed by atoms with van der Waals surface area (Å²) in [4.78, 5) is 11.0. The van der Waals surface area contributed by atoms with E-state index >= 15 is 0 Å². The normalized spacial score (nSPS) is 10.9. The molecule has 0 amide bonds. The molecule has 0 aliphatic carbocycles. The van der Waals surface area contributed by atoms with E-state index in [9.17, 15) is 4.79 Å². The van der Waals surface area contributed by atoms with E-state index in [1.54, 1.807) is 27.2 Å². The second-order valence-corrected chi connectivity index (χ2v) is 5.19. The molecule has 0 unspecified atom stereocenters. The molecule has 0 bridgehead atoms. The Balaban J connectivity index is 2.48. The third-order valence-electron chi connectivity index (χ3n) is 3.64. The Bertz CT molecular complexity index is 704. The van der Waals surface area contributed by atoms with Crippen molar-refractivity contribution < 1.29 is 19.4 Å². The van der Waals surface area contributed by atoms with E-state index in [2.05, 4.69) is 0 Å². The van der Waals surface area contributed by atoms with Crippen LogP contribution in [0, 0.1) is 0 Å². The monoisotopic (exact) mass is 324 g/mol. The minimum Gasteiger partial charge on any atom is -0.497 e. The van der Waals surface area contributed by atoms with Crippen molar-refractivity contribution in [3.63, 3.8) is 0 Å². The second-order valence-electron chi connectivity index (χ2n) is 5.19. The zero-order chi connectivity index (χ0) is 17.5. The van der Waals surface area contributed by atoms with Gasteiger partial charge in [-0.15, -0.1) is 0 Å². The van der Waals surface area contributed by atoms with E-state index in [1.807, 2.05) is 54.6 Å². The molecule has 0 atom stereocenters. The average Bonchev–Trinajstić information content (AvgIpc) is 2.62. The summed E-state index contributed by atoms with van der Waals surface area (Å²) in [6.07, 6.45) is 3.42. The predicted molar refractivity (Wildman–Crippen MR) is 94.5 cm³/mol. The molecule has 0 aromatic heterocycles. The molecule has 0 radical (unpaired) electrons. The van der Waals surface area contributed by atoms with E-state index in [4.69, 9.17) is 14.6 Å². The van der Waals surface area contributed by atoms with Crippen molar-refractivity contribution in [1.82, 2.24) is 0 Å². The number of methoxy groups -OCH3 is 2. The zero-order valence-electron chi connectivity index (χ0n) is 13.9. The lowest BCUT2D eigenvalue weighted by Crippen LogP contribution is -1.95. The molecule has 0 aliphatic rings. The fraction of sp³-hybridized carbons (Fsp3) is 0.150. The van der Waals surface area contributed by atoms with Crippen LogP contribution in [-0.2, 0) is 4.79 Å². The van der Waals surface area contributed by atoms with Gasteiger partial charge in [0.1, 0.15) is 11.5 Å². The van der Waals surface area contributed by atoms with Gasteiger partial charge in [0, 0.05) is 5.57 Å². The van der Waals surface area contributed by atoms with Crippen molar-refractivity contribution in [3.8, 4) is 11.5 Å². The lowest BCUT2D eigenvalue weighted by atomic mass is 9.97. The van der Waals surface area contributed by atoms with E-state index in [1.165, 1.54) is 0 Å². The minimum atomic E-state index is -0.935. The first-order valence-corrected chi connectivity index (χ1v) is 7.46. The van der Waals surface area contributed by atoms with Crippen LogP contribution in [0.5, 0.6) is 11.5 Å². The molecule has 0 spiro atoms. The summed E-state index contributed by atoms with van der Waals surface area (Å²) in [6.45, 7) is 1.57.